The van der Waals surface area contributed by atoms with Crippen LogP contribution < -0.4 is 5.32 Å². The lowest BCUT2D eigenvalue weighted by atomic mass is 10.00. The Morgan fingerprint density at radius 2 is 1.14 bits per heavy atom. The van der Waals surface area contributed by atoms with Gasteiger partial charge in [-0.1, -0.05) is 140 Å². The fraction of sp³-hybridized carbons (Fsp3) is 0.0256. The molecule has 4 nitrogen and oxygen atoms in total. The summed E-state index contributed by atoms with van der Waals surface area (Å²) in [6, 6.07) is 52.2. The Hall–Kier alpha value is -5.74. The zero-order valence-electron chi connectivity index (χ0n) is 23.3. The molecule has 43 heavy (non-hydrogen) atoms. The number of hydrogen-bond acceptors (Lipinski definition) is 4. The first kappa shape index (κ1) is 25.0. The first-order valence-electron chi connectivity index (χ1n) is 14.5. The second-order valence-electron chi connectivity index (χ2n) is 10.7. The fourth-order valence-electron chi connectivity index (χ4n) is 5.78. The van der Waals surface area contributed by atoms with Gasteiger partial charge in [-0.2, -0.15) is 0 Å². The molecule has 0 aliphatic carbocycles. The molecule has 0 amide bonds. The van der Waals surface area contributed by atoms with Crippen LogP contribution in [0.5, 0.6) is 0 Å². The third-order valence-corrected chi connectivity index (χ3v) is 7.96. The summed E-state index contributed by atoms with van der Waals surface area (Å²) in [6.45, 7) is 0. The van der Waals surface area contributed by atoms with E-state index in [1.54, 1.807) is 0 Å². The summed E-state index contributed by atoms with van der Waals surface area (Å²) in [7, 11) is 0. The molecule has 1 aromatic heterocycles. The number of aliphatic imine (C=N–C) groups is 2. The lowest BCUT2D eigenvalue weighted by molar-refractivity contribution is 0.670. The van der Waals surface area contributed by atoms with Crippen molar-refractivity contribution in [1.29, 1.82) is 0 Å². The summed E-state index contributed by atoms with van der Waals surface area (Å²) in [5, 5.41) is 5.81. The van der Waals surface area contributed by atoms with Gasteiger partial charge in [0.1, 0.15) is 23.2 Å². The number of nitrogens with one attached hydrogen (secondary N) is 1. The lowest BCUT2D eigenvalue weighted by Gasteiger charge is -2.24. The van der Waals surface area contributed by atoms with E-state index in [1.807, 2.05) is 42.5 Å². The smallest absolute Gasteiger partial charge is 0.159 e. The number of para-hydroxylation sites is 2. The monoisotopic (exact) mass is 553 g/mol. The normalized spacial score (nSPS) is 14.7. The zero-order valence-corrected chi connectivity index (χ0v) is 23.3. The molecule has 0 saturated heterocycles. The molecule has 0 bridgehead atoms. The predicted molar refractivity (Wildman–Crippen MR) is 176 cm³/mol. The van der Waals surface area contributed by atoms with Crippen LogP contribution in [0.2, 0.25) is 0 Å². The van der Waals surface area contributed by atoms with Crippen LogP contribution in [0.15, 0.2) is 166 Å². The highest BCUT2D eigenvalue weighted by molar-refractivity contribution is 6.14. The molecule has 2 heterocycles. The Bertz CT molecular complexity index is 2140. The topological polar surface area (TPSA) is 49.9 Å². The molecule has 1 atom stereocenters. The molecule has 6 aromatic carbocycles. The van der Waals surface area contributed by atoms with Crippen LogP contribution in [0.1, 0.15) is 22.9 Å². The van der Waals surface area contributed by atoms with E-state index >= 15 is 0 Å². The predicted octanol–water partition coefficient (Wildman–Crippen LogP) is 9.42. The Balaban J connectivity index is 1.21. The van der Waals surface area contributed by atoms with Crippen molar-refractivity contribution in [2.75, 3.05) is 0 Å². The van der Waals surface area contributed by atoms with E-state index in [1.165, 1.54) is 11.1 Å². The van der Waals surface area contributed by atoms with Crippen LogP contribution in [-0.4, -0.2) is 11.7 Å². The van der Waals surface area contributed by atoms with E-state index in [4.69, 9.17) is 14.4 Å². The van der Waals surface area contributed by atoms with Crippen molar-refractivity contribution >= 4 is 33.6 Å². The van der Waals surface area contributed by atoms with Gasteiger partial charge in [-0.3, -0.25) is 0 Å². The van der Waals surface area contributed by atoms with Gasteiger partial charge >= 0.3 is 0 Å². The van der Waals surface area contributed by atoms with Crippen molar-refractivity contribution in [2.24, 2.45) is 9.98 Å². The number of benzene rings is 6. The van der Waals surface area contributed by atoms with Crippen LogP contribution in [0.4, 0.5) is 0 Å². The first-order chi connectivity index (χ1) is 21.3. The number of rotatable bonds is 5. The van der Waals surface area contributed by atoms with E-state index < -0.39 is 0 Å². The first-order valence-corrected chi connectivity index (χ1v) is 14.5. The summed E-state index contributed by atoms with van der Waals surface area (Å²) in [5.74, 6) is 1.48. The van der Waals surface area contributed by atoms with Crippen molar-refractivity contribution in [1.82, 2.24) is 5.32 Å². The van der Waals surface area contributed by atoms with Gasteiger partial charge < -0.3 is 9.73 Å². The van der Waals surface area contributed by atoms with E-state index in [9.17, 15) is 0 Å². The Kier molecular flexibility index (Phi) is 6.16. The number of furan rings is 1. The average molecular weight is 554 g/mol. The van der Waals surface area contributed by atoms with Gasteiger partial charge in [0.2, 0.25) is 0 Å². The maximum Gasteiger partial charge on any atom is 0.159 e. The van der Waals surface area contributed by atoms with Crippen molar-refractivity contribution in [2.45, 2.75) is 6.17 Å². The average Bonchev–Trinajstić information content (AvgIpc) is 3.48. The van der Waals surface area contributed by atoms with Gasteiger partial charge in [0.25, 0.3) is 0 Å². The molecular formula is C39H27N3O. The minimum absolute atomic E-state index is 0.264. The van der Waals surface area contributed by atoms with Crippen LogP contribution in [-0.2, 0) is 0 Å². The summed E-state index contributed by atoms with van der Waals surface area (Å²) in [6.07, 6.45) is -0.264. The number of amidine groups is 2. The summed E-state index contributed by atoms with van der Waals surface area (Å²) < 4.78 is 6.35. The largest absolute Gasteiger partial charge is 0.455 e. The zero-order chi connectivity index (χ0) is 28.6. The molecule has 0 fully saturated rings. The standard InChI is InChI=1S/C39H27N3O/c1-3-11-26(12-4-1)27-21-23-29(24-22-27)38-40-37(28-13-5-2-6-14-28)41-39(42-38)31-16-9-15-30(25-31)32-18-10-19-34-33-17-7-8-20-35(33)43-36(32)34/h1-25,37H,(H,40,41,42). The lowest BCUT2D eigenvalue weighted by Crippen LogP contribution is -2.33. The van der Waals surface area contributed by atoms with E-state index in [2.05, 4.69) is 115 Å². The van der Waals surface area contributed by atoms with Crippen LogP contribution >= 0.6 is 0 Å². The van der Waals surface area contributed by atoms with Gasteiger partial charge in [0.15, 0.2) is 5.84 Å². The van der Waals surface area contributed by atoms with E-state index in [0.29, 0.717) is 5.84 Å². The highest BCUT2D eigenvalue weighted by atomic mass is 16.3. The summed E-state index contributed by atoms with van der Waals surface area (Å²) in [4.78, 5) is 10.2. The number of hydrogen-bond donors (Lipinski definition) is 1. The maximum absolute atomic E-state index is 6.35. The van der Waals surface area contributed by atoms with Crippen molar-refractivity contribution in [3.8, 4) is 22.3 Å². The maximum atomic E-state index is 6.35. The molecule has 0 radical (unpaired) electrons. The Morgan fingerprint density at radius 3 is 1.98 bits per heavy atom. The molecule has 204 valence electrons. The molecule has 4 heteroatoms. The molecular weight excluding hydrogens is 526 g/mol. The molecule has 1 N–H and O–H groups in total. The quantitative estimate of drug-likeness (QED) is 0.231. The molecule has 1 unspecified atom stereocenters. The number of nitrogens with zero attached hydrogens (tertiary/aromatic N) is 2. The van der Waals surface area contributed by atoms with Crippen molar-refractivity contribution in [3.05, 3.63) is 168 Å². The second-order valence-corrected chi connectivity index (χ2v) is 10.7. The van der Waals surface area contributed by atoms with Crippen molar-refractivity contribution in [3.63, 3.8) is 0 Å². The van der Waals surface area contributed by atoms with Gasteiger partial charge in [-0.05, 0) is 34.4 Å². The van der Waals surface area contributed by atoms with E-state index in [-0.39, 0.29) is 6.17 Å². The van der Waals surface area contributed by atoms with Gasteiger partial charge in [-0.15, -0.1) is 0 Å². The Labute approximate surface area is 249 Å². The van der Waals surface area contributed by atoms with Gasteiger partial charge in [0.05, 0.1) is 0 Å². The third-order valence-electron chi connectivity index (χ3n) is 7.96. The minimum atomic E-state index is -0.264. The van der Waals surface area contributed by atoms with Gasteiger partial charge in [-0.25, -0.2) is 9.98 Å². The second kappa shape index (κ2) is 10.6. The van der Waals surface area contributed by atoms with Crippen LogP contribution in [0.25, 0.3) is 44.2 Å². The molecule has 0 saturated carbocycles. The highest BCUT2D eigenvalue weighted by Gasteiger charge is 2.21. The highest BCUT2D eigenvalue weighted by Crippen LogP contribution is 2.36. The SMILES string of the molecule is c1ccc(-c2ccc(C3=NC(c4cccc(-c5cccc6c5oc5ccccc56)c4)=NC(c4ccccc4)N3)cc2)cc1. The summed E-state index contributed by atoms with van der Waals surface area (Å²) in [5.41, 5.74) is 9.28. The van der Waals surface area contributed by atoms with Gasteiger partial charge in [0, 0.05) is 27.5 Å². The number of fused-ring (bicyclic) bond motifs is 3. The fourth-order valence-corrected chi connectivity index (χ4v) is 5.78. The molecule has 8 rings (SSSR count). The molecule has 1 aliphatic heterocycles. The van der Waals surface area contributed by atoms with Crippen molar-refractivity contribution < 1.29 is 4.42 Å². The van der Waals surface area contributed by atoms with Crippen LogP contribution in [0.3, 0.4) is 0 Å². The third kappa shape index (κ3) is 4.69. The Morgan fingerprint density at radius 1 is 0.512 bits per heavy atom. The van der Waals surface area contributed by atoms with Crippen LogP contribution in [0, 0.1) is 0 Å². The summed E-state index contributed by atoms with van der Waals surface area (Å²) >= 11 is 0. The molecule has 1 aliphatic rings. The van der Waals surface area contributed by atoms with E-state index in [0.717, 1.165) is 55.6 Å². The minimum Gasteiger partial charge on any atom is -0.455 e. The molecule has 0 spiro atoms. The molecule has 7 aromatic rings.